The largest absolute Gasteiger partial charge is 0.464 e. The van der Waals surface area contributed by atoms with Gasteiger partial charge in [0.15, 0.2) is 0 Å². The van der Waals surface area contributed by atoms with Crippen LogP contribution in [-0.4, -0.2) is 52.2 Å². The summed E-state index contributed by atoms with van der Waals surface area (Å²) >= 11 is 1.65. The smallest absolute Gasteiger partial charge is 0.329 e. The maximum Gasteiger partial charge on any atom is 0.329 e. The zero-order valence-corrected chi connectivity index (χ0v) is 19.3. The van der Waals surface area contributed by atoms with Crippen molar-refractivity contribution >= 4 is 23.6 Å². The van der Waals surface area contributed by atoms with Crippen LogP contribution in [0.3, 0.4) is 0 Å². The third-order valence-electron chi connectivity index (χ3n) is 6.40. The zero-order valence-electron chi connectivity index (χ0n) is 18.5. The second-order valence-corrected chi connectivity index (χ2v) is 9.83. The Morgan fingerprint density at radius 3 is 2.47 bits per heavy atom. The van der Waals surface area contributed by atoms with Crippen LogP contribution >= 0.6 is 11.8 Å². The molecule has 2 atom stereocenters. The lowest BCUT2D eigenvalue weighted by Crippen LogP contribution is -2.45. The molecule has 0 N–H and O–H groups in total. The molecular formula is C23H32N2O6S. The van der Waals surface area contributed by atoms with E-state index < -0.39 is 11.1 Å². The van der Waals surface area contributed by atoms with Gasteiger partial charge in [-0.25, -0.2) is 4.79 Å². The van der Waals surface area contributed by atoms with E-state index in [1.54, 1.807) is 16.7 Å². The van der Waals surface area contributed by atoms with Crippen LogP contribution in [0.2, 0.25) is 0 Å². The molecule has 1 amide bonds. The van der Waals surface area contributed by atoms with Gasteiger partial charge in [0, 0.05) is 12.7 Å². The summed E-state index contributed by atoms with van der Waals surface area (Å²) in [6, 6.07) is 9.64. The maximum atomic E-state index is 12.8. The quantitative estimate of drug-likeness (QED) is 0.294. The van der Waals surface area contributed by atoms with Crippen molar-refractivity contribution < 1.29 is 24.3 Å². The van der Waals surface area contributed by atoms with Crippen LogP contribution in [0.25, 0.3) is 0 Å². The van der Waals surface area contributed by atoms with Crippen molar-refractivity contribution in [2.24, 2.45) is 11.8 Å². The van der Waals surface area contributed by atoms with Crippen molar-refractivity contribution in [2.75, 3.05) is 19.0 Å². The van der Waals surface area contributed by atoms with Gasteiger partial charge >= 0.3 is 5.97 Å². The van der Waals surface area contributed by atoms with Gasteiger partial charge in [0.1, 0.15) is 6.04 Å². The highest BCUT2D eigenvalue weighted by atomic mass is 32.2. The molecule has 1 aliphatic heterocycles. The summed E-state index contributed by atoms with van der Waals surface area (Å²) in [7, 11) is 0. The zero-order chi connectivity index (χ0) is 22.9. The average molecular weight is 465 g/mol. The second kappa shape index (κ2) is 12.1. The Morgan fingerprint density at radius 2 is 1.81 bits per heavy atom. The molecule has 0 spiro atoms. The lowest BCUT2D eigenvalue weighted by molar-refractivity contribution is -0.758. The number of benzene rings is 1. The molecular weight excluding hydrogens is 432 g/mol. The van der Waals surface area contributed by atoms with Gasteiger partial charge in [-0.15, -0.1) is 21.9 Å². The normalized spacial score (nSPS) is 25.3. The Labute approximate surface area is 193 Å². The van der Waals surface area contributed by atoms with Crippen molar-refractivity contribution in [3.63, 3.8) is 0 Å². The fourth-order valence-electron chi connectivity index (χ4n) is 4.60. The van der Waals surface area contributed by atoms with Crippen molar-refractivity contribution in [1.29, 1.82) is 0 Å². The van der Waals surface area contributed by atoms with E-state index in [4.69, 9.17) is 4.74 Å². The van der Waals surface area contributed by atoms with Crippen molar-refractivity contribution in [2.45, 2.75) is 63.3 Å². The van der Waals surface area contributed by atoms with Crippen LogP contribution in [0.5, 0.6) is 0 Å². The van der Waals surface area contributed by atoms with Crippen LogP contribution in [0, 0.1) is 22.0 Å². The van der Waals surface area contributed by atoms with E-state index in [1.165, 1.54) is 12.5 Å². The fraction of sp³-hybridized carbons (Fsp3) is 0.652. The number of carbonyl (C=O) groups excluding carboxylic acids is 2. The standard InChI is InChI=1S/C23H32N2O6S/c1-17(26)24-21(16-32-22(24)12-11-18-5-3-2-4-6-18)23(27)30-15-20-9-7-19(8-10-20)13-14-31-25(28)29/h2-6,19-22H,7-16H2,1H3. The Hall–Kier alpha value is -2.29. The third-order valence-corrected chi connectivity index (χ3v) is 7.76. The molecule has 0 aromatic heterocycles. The number of amides is 1. The van der Waals surface area contributed by atoms with Crippen molar-refractivity contribution in [1.82, 2.24) is 4.90 Å². The Bertz CT molecular complexity index is 769. The topological polar surface area (TPSA) is 99.0 Å². The molecule has 2 fully saturated rings. The van der Waals surface area contributed by atoms with Crippen LogP contribution in [0.1, 0.15) is 51.0 Å². The predicted octanol–water partition coefficient (Wildman–Crippen LogP) is 3.86. The Balaban J connectivity index is 1.41. The SMILES string of the molecule is CC(=O)N1C(CCc2ccccc2)SCC1C(=O)OCC1CCC(CCO[N+](=O)[O-])CC1. The number of hydrogen-bond acceptors (Lipinski definition) is 7. The number of hydrogen-bond donors (Lipinski definition) is 0. The van der Waals surface area contributed by atoms with E-state index >= 15 is 0 Å². The molecule has 1 heterocycles. The molecule has 0 bridgehead atoms. The molecule has 9 heteroatoms. The van der Waals surface area contributed by atoms with Gasteiger partial charge in [-0.05, 0) is 62.3 Å². The van der Waals surface area contributed by atoms with Crippen LogP contribution in [0.4, 0.5) is 0 Å². The second-order valence-electron chi connectivity index (χ2n) is 8.62. The highest BCUT2D eigenvalue weighted by molar-refractivity contribution is 8.00. The molecule has 1 saturated carbocycles. The minimum absolute atomic E-state index is 0.0120. The van der Waals surface area contributed by atoms with E-state index in [2.05, 4.69) is 17.0 Å². The molecule has 1 aliphatic carbocycles. The number of esters is 1. The van der Waals surface area contributed by atoms with Crippen LogP contribution < -0.4 is 0 Å². The summed E-state index contributed by atoms with van der Waals surface area (Å²) < 4.78 is 5.64. The first-order chi connectivity index (χ1) is 15.4. The van der Waals surface area contributed by atoms with Gasteiger partial charge in [-0.3, -0.25) is 4.79 Å². The van der Waals surface area contributed by atoms with Gasteiger partial charge in [0.25, 0.3) is 5.09 Å². The molecule has 2 unspecified atom stereocenters. The van der Waals surface area contributed by atoms with E-state index in [0.29, 0.717) is 30.6 Å². The van der Waals surface area contributed by atoms with E-state index in [-0.39, 0.29) is 23.9 Å². The molecule has 0 radical (unpaired) electrons. The summed E-state index contributed by atoms with van der Waals surface area (Å²) in [5.41, 5.74) is 1.23. The Morgan fingerprint density at radius 1 is 1.12 bits per heavy atom. The maximum absolute atomic E-state index is 12.8. The van der Waals surface area contributed by atoms with Gasteiger partial charge < -0.3 is 14.5 Å². The van der Waals surface area contributed by atoms with Crippen LogP contribution in [-0.2, 0) is 25.6 Å². The first kappa shape index (κ1) is 24.4. The third kappa shape index (κ3) is 7.12. The summed E-state index contributed by atoms with van der Waals surface area (Å²) in [5.74, 6) is 0.900. The van der Waals surface area contributed by atoms with Gasteiger partial charge in [0.05, 0.1) is 18.6 Å². The molecule has 1 saturated heterocycles. The highest BCUT2D eigenvalue weighted by Crippen LogP contribution is 2.34. The van der Waals surface area contributed by atoms with Gasteiger partial charge in [-0.2, -0.15) is 0 Å². The minimum atomic E-state index is -0.747. The summed E-state index contributed by atoms with van der Waals surface area (Å²) in [5, 5.41) is 9.49. The van der Waals surface area contributed by atoms with E-state index in [0.717, 1.165) is 38.5 Å². The number of ether oxygens (including phenoxy) is 1. The average Bonchev–Trinajstić information content (AvgIpc) is 3.22. The lowest BCUT2D eigenvalue weighted by Gasteiger charge is -2.30. The van der Waals surface area contributed by atoms with E-state index in [1.807, 2.05) is 18.2 Å². The van der Waals surface area contributed by atoms with E-state index in [9.17, 15) is 19.7 Å². The van der Waals surface area contributed by atoms with Crippen molar-refractivity contribution in [3.8, 4) is 0 Å². The summed E-state index contributed by atoms with van der Waals surface area (Å²) in [4.78, 5) is 41.4. The van der Waals surface area contributed by atoms with Crippen molar-refractivity contribution in [3.05, 3.63) is 46.0 Å². The van der Waals surface area contributed by atoms with Gasteiger partial charge in [0.2, 0.25) is 5.91 Å². The molecule has 8 nitrogen and oxygen atoms in total. The lowest BCUT2D eigenvalue weighted by atomic mass is 9.81. The molecule has 1 aromatic rings. The van der Waals surface area contributed by atoms with Crippen LogP contribution in [0.15, 0.2) is 30.3 Å². The number of rotatable bonds is 10. The molecule has 32 heavy (non-hydrogen) atoms. The number of carbonyl (C=O) groups is 2. The molecule has 1 aromatic carbocycles. The summed E-state index contributed by atoms with van der Waals surface area (Å²) in [6.45, 7) is 2.03. The number of nitrogens with zero attached hydrogens (tertiary/aromatic N) is 2. The molecule has 2 aliphatic rings. The summed E-state index contributed by atoms with van der Waals surface area (Å²) in [6.07, 6.45) is 6.15. The highest BCUT2D eigenvalue weighted by Gasteiger charge is 2.41. The molecule has 176 valence electrons. The number of aryl methyl sites for hydroxylation is 1. The Kier molecular flexibility index (Phi) is 9.20. The first-order valence-corrected chi connectivity index (χ1v) is 12.4. The van der Waals surface area contributed by atoms with Gasteiger partial charge in [-0.1, -0.05) is 30.3 Å². The predicted molar refractivity (Wildman–Crippen MR) is 121 cm³/mol. The first-order valence-electron chi connectivity index (χ1n) is 11.3. The monoisotopic (exact) mass is 464 g/mol. The fourth-order valence-corrected chi connectivity index (χ4v) is 6.04. The molecule has 3 rings (SSSR count). The number of thioether (sulfide) groups is 1. The minimum Gasteiger partial charge on any atom is -0.464 e.